The largest absolute Gasteiger partial charge is 0.477 e. The first kappa shape index (κ1) is 26.9. The highest BCUT2D eigenvalue weighted by atomic mass is 32.3. The minimum atomic E-state index is -0.561. The van der Waals surface area contributed by atoms with Crippen LogP contribution in [-0.4, -0.2) is 53.7 Å². The molecule has 0 bridgehead atoms. The molecule has 1 aliphatic heterocycles. The molecule has 0 spiro atoms. The molecular formula is C29H41N5O2S. The minimum absolute atomic E-state index is 0.290. The molecule has 8 heteroatoms. The Morgan fingerprint density at radius 1 is 1.14 bits per heavy atom. The summed E-state index contributed by atoms with van der Waals surface area (Å²) in [5, 5.41) is 7.86. The quantitative estimate of drug-likeness (QED) is 0.293. The minimum Gasteiger partial charge on any atom is -0.477 e. The topological polar surface area (TPSA) is 79.8 Å². The lowest BCUT2D eigenvalue weighted by molar-refractivity contribution is 0.301. The Morgan fingerprint density at radius 2 is 1.95 bits per heavy atom. The Bertz CT molecular complexity index is 1220. The van der Waals surface area contributed by atoms with Gasteiger partial charge in [0.15, 0.2) is 5.76 Å². The standard InChI is InChI=1S/C29H41N5O2S/c1-7-23-18-27(28-13-9-21(3)36-28)34(33(23)4)24-11-12-26(25(30)17-24)31-19-22-10-14-29(32-20-22)35-15-16-37(5,6)8-2/h9-14,17-18,20,23,31H,7-8,15-16,19,30H2,1-6H3. The third-order valence-corrected chi connectivity index (χ3v) is 9.85. The molecule has 0 radical (unpaired) electrons. The van der Waals surface area contributed by atoms with Gasteiger partial charge in [-0.1, -0.05) is 19.9 Å². The number of rotatable bonds is 11. The molecule has 1 aliphatic rings. The predicted octanol–water partition coefficient (Wildman–Crippen LogP) is 6.13. The summed E-state index contributed by atoms with van der Waals surface area (Å²) in [5.41, 5.74) is 11.2. The van der Waals surface area contributed by atoms with E-state index >= 15 is 0 Å². The van der Waals surface area contributed by atoms with Crippen molar-refractivity contribution in [2.75, 3.05) is 53.7 Å². The Kier molecular flexibility index (Phi) is 8.39. The predicted molar refractivity (Wildman–Crippen MR) is 159 cm³/mol. The number of pyridine rings is 1. The van der Waals surface area contributed by atoms with Crippen LogP contribution in [0.4, 0.5) is 17.1 Å². The number of nitrogens with two attached hydrogens (primary N) is 1. The van der Waals surface area contributed by atoms with Gasteiger partial charge in [0, 0.05) is 37.7 Å². The number of hydrogen-bond acceptors (Lipinski definition) is 7. The van der Waals surface area contributed by atoms with E-state index in [0.29, 0.717) is 30.8 Å². The van der Waals surface area contributed by atoms with Crippen molar-refractivity contribution >= 4 is 32.8 Å². The van der Waals surface area contributed by atoms with Gasteiger partial charge in [-0.2, -0.15) is 0 Å². The first-order valence-electron chi connectivity index (χ1n) is 12.9. The lowest BCUT2D eigenvalue weighted by Gasteiger charge is -2.32. The zero-order chi connectivity index (χ0) is 26.6. The van der Waals surface area contributed by atoms with Gasteiger partial charge in [0.25, 0.3) is 0 Å². The monoisotopic (exact) mass is 523 g/mol. The van der Waals surface area contributed by atoms with Gasteiger partial charge in [-0.05, 0) is 73.6 Å². The first-order valence-corrected chi connectivity index (χ1v) is 15.7. The van der Waals surface area contributed by atoms with Gasteiger partial charge >= 0.3 is 0 Å². The number of nitrogen functional groups attached to an aromatic ring is 1. The molecule has 0 fully saturated rings. The fraction of sp³-hybridized carbons (Fsp3) is 0.414. The Hall–Kier alpha value is -3.10. The number of nitrogens with zero attached hydrogens (tertiary/aromatic N) is 3. The van der Waals surface area contributed by atoms with Gasteiger partial charge in [0.05, 0.1) is 29.4 Å². The molecule has 3 aromatic rings. The number of aryl methyl sites for hydroxylation is 1. The summed E-state index contributed by atoms with van der Waals surface area (Å²) in [6.45, 7) is 7.74. The maximum Gasteiger partial charge on any atom is 0.213 e. The molecule has 1 unspecified atom stereocenters. The van der Waals surface area contributed by atoms with Crippen LogP contribution in [0.1, 0.15) is 37.4 Å². The van der Waals surface area contributed by atoms with Crippen molar-refractivity contribution in [2.24, 2.45) is 0 Å². The van der Waals surface area contributed by atoms with Crippen LogP contribution in [0.15, 0.2) is 59.2 Å². The SMILES string of the molecule is CCC1C=C(c2ccc(C)o2)N(c2ccc(NCc3ccc(OCCS(C)(C)CC)nc3)c(N)c2)N1C. The Labute approximate surface area is 223 Å². The van der Waals surface area contributed by atoms with Gasteiger partial charge in [0.1, 0.15) is 5.76 Å². The first-order chi connectivity index (χ1) is 17.7. The van der Waals surface area contributed by atoms with E-state index in [1.165, 1.54) is 5.75 Å². The van der Waals surface area contributed by atoms with Crippen molar-refractivity contribution in [3.8, 4) is 5.88 Å². The van der Waals surface area contributed by atoms with Crippen LogP contribution >= 0.6 is 10.0 Å². The maximum atomic E-state index is 6.50. The third-order valence-electron chi connectivity index (χ3n) is 7.01. The molecule has 1 aromatic carbocycles. The molecule has 0 amide bonds. The van der Waals surface area contributed by atoms with Crippen LogP contribution in [0, 0.1) is 6.92 Å². The summed E-state index contributed by atoms with van der Waals surface area (Å²) in [5.74, 6) is 4.74. The van der Waals surface area contributed by atoms with E-state index < -0.39 is 10.0 Å². The number of benzene rings is 1. The van der Waals surface area contributed by atoms with E-state index in [0.717, 1.165) is 46.3 Å². The van der Waals surface area contributed by atoms with Gasteiger partial charge in [-0.15, -0.1) is 0 Å². The number of anilines is 3. The van der Waals surface area contributed by atoms with Gasteiger partial charge in [0.2, 0.25) is 5.88 Å². The van der Waals surface area contributed by atoms with Gasteiger partial charge in [-0.3, -0.25) is 5.01 Å². The van der Waals surface area contributed by atoms with E-state index in [9.17, 15) is 0 Å². The average molecular weight is 524 g/mol. The maximum absolute atomic E-state index is 6.50. The number of aromatic nitrogens is 1. The van der Waals surface area contributed by atoms with Crippen LogP contribution in [0.25, 0.3) is 5.70 Å². The zero-order valence-corrected chi connectivity index (χ0v) is 23.8. The van der Waals surface area contributed by atoms with Crippen molar-refractivity contribution in [1.82, 2.24) is 9.99 Å². The molecule has 7 nitrogen and oxygen atoms in total. The molecule has 3 N–H and O–H groups in total. The van der Waals surface area contributed by atoms with Crippen LogP contribution in [0.5, 0.6) is 5.88 Å². The summed E-state index contributed by atoms with van der Waals surface area (Å²) in [6.07, 6.45) is 9.81. The van der Waals surface area contributed by atoms with E-state index in [-0.39, 0.29) is 0 Å². The Morgan fingerprint density at radius 3 is 2.57 bits per heavy atom. The van der Waals surface area contributed by atoms with Crippen LogP contribution in [0.3, 0.4) is 0 Å². The lowest BCUT2D eigenvalue weighted by Crippen LogP contribution is -2.38. The van der Waals surface area contributed by atoms with Crippen LogP contribution in [0.2, 0.25) is 0 Å². The third kappa shape index (κ3) is 6.43. The Balaban J connectivity index is 1.40. The zero-order valence-electron chi connectivity index (χ0n) is 23.0. The molecule has 2 aromatic heterocycles. The molecule has 200 valence electrons. The summed E-state index contributed by atoms with van der Waals surface area (Å²) < 4.78 is 11.8. The van der Waals surface area contributed by atoms with Gasteiger partial charge < -0.3 is 20.2 Å². The number of nitrogens with one attached hydrogen (secondary N) is 1. The van der Waals surface area contributed by atoms with Crippen molar-refractivity contribution in [2.45, 2.75) is 39.8 Å². The number of likely N-dealkylation sites (N-methyl/N-ethyl adjacent to an activating group) is 1. The molecule has 0 saturated carbocycles. The number of furan rings is 1. The average Bonchev–Trinajstić information content (AvgIpc) is 3.46. The van der Waals surface area contributed by atoms with E-state index in [1.807, 2.05) is 49.5 Å². The second-order valence-corrected chi connectivity index (χ2v) is 14.6. The van der Waals surface area contributed by atoms with Crippen molar-refractivity contribution in [3.63, 3.8) is 0 Å². The molecule has 0 saturated heterocycles. The molecule has 37 heavy (non-hydrogen) atoms. The highest BCUT2D eigenvalue weighted by Gasteiger charge is 2.32. The highest BCUT2D eigenvalue weighted by molar-refractivity contribution is 8.32. The lowest BCUT2D eigenvalue weighted by atomic mass is 10.2. The number of hydrogen-bond donors (Lipinski definition) is 2. The van der Waals surface area contributed by atoms with Crippen molar-refractivity contribution < 1.29 is 9.15 Å². The smallest absolute Gasteiger partial charge is 0.213 e. The van der Waals surface area contributed by atoms with Crippen molar-refractivity contribution in [1.29, 1.82) is 0 Å². The second-order valence-electron chi connectivity index (χ2n) is 10.1. The molecule has 1 atom stereocenters. The van der Waals surface area contributed by atoms with E-state index in [2.05, 4.69) is 65.9 Å². The summed E-state index contributed by atoms with van der Waals surface area (Å²) in [7, 11) is 1.54. The molecular weight excluding hydrogens is 482 g/mol. The van der Waals surface area contributed by atoms with Crippen LogP contribution in [-0.2, 0) is 6.54 Å². The van der Waals surface area contributed by atoms with Crippen molar-refractivity contribution in [3.05, 3.63) is 71.8 Å². The highest BCUT2D eigenvalue weighted by Crippen LogP contribution is 2.39. The summed E-state index contributed by atoms with van der Waals surface area (Å²) in [4.78, 5) is 4.48. The van der Waals surface area contributed by atoms with Crippen LogP contribution < -0.4 is 20.8 Å². The second kappa shape index (κ2) is 11.5. The summed E-state index contributed by atoms with van der Waals surface area (Å²) >= 11 is 0. The molecule has 3 heterocycles. The number of ether oxygens (including phenoxy) is 1. The molecule has 0 aliphatic carbocycles. The van der Waals surface area contributed by atoms with E-state index in [1.54, 1.807) is 0 Å². The fourth-order valence-corrected chi connectivity index (χ4v) is 5.12. The molecule has 4 rings (SSSR count). The van der Waals surface area contributed by atoms with E-state index in [4.69, 9.17) is 14.9 Å². The normalized spacial score (nSPS) is 16.6. The number of hydrazine groups is 1. The fourth-order valence-electron chi connectivity index (χ4n) is 4.30. The van der Waals surface area contributed by atoms with Gasteiger partial charge in [-0.25, -0.2) is 20.0 Å². The summed E-state index contributed by atoms with van der Waals surface area (Å²) in [6, 6.07) is 14.4.